The van der Waals surface area contributed by atoms with Crippen LogP contribution in [0.2, 0.25) is 5.02 Å². The van der Waals surface area contributed by atoms with Gasteiger partial charge in [-0.1, -0.05) is 11.6 Å². The molecule has 0 saturated heterocycles. The second-order valence-corrected chi connectivity index (χ2v) is 7.13. The molecule has 2 aromatic carbocycles. The molecule has 0 aliphatic carbocycles. The van der Waals surface area contributed by atoms with Gasteiger partial charge in [0.25, 0.3) is 0 Å². The Balaban J connectivity index is 2.05. The molecule has 0 aliphatic heterocycles. The minimum atomic E-state index is -2.72. The zero-order chi connectivity index (χ0) is 21.0. The predicted molar refractivity (Wildman–Crippen MR) is 107 cm³/mol. The van der Waals surface area contributed by atoms with Gasteiger partial charge in [-0.25, -0.2) is 4.68 Å². The third kappa shape index (κ3) is 4.70. The third-order valence-electron chi connectivity index (χ3n) is 4.06. The first-order chi connectivity index (χ1) is 13.9. The molecule has 8 nitrogen and oxygen atoms in total. The average molecular weight is 433 g/mol. The molecule has 0 saturated carbocycles. The molecule has 150 valence electrons. The maximum Gasteiger partial charge on any atom is 0.310 e. The number of methoxy groups -OCH3 is 1. The van der Waals surface area contributed by atoms with Gasteiger partial charge in [0.15, 0.2) is 0 Å². The van der Waals surface area contributed by atoms with Crippen molar-refractivity contribution in [3.63, 3.8) is 0 Å². The van der Waals surface area contributed by atoms with Crippen molar-refractivity contribution >= 4 is 46.5 Å². The lowest BCUT2D eigenvalue weighted by molar-refractivity contribution is -0.139. The number of aromatic nitrogens is 2. The quantitative estimate of drug-likeness (QED) is 0.323. The van der Waals surface area contributed by atoms with Crippen LogP contribution in [0, 0.1) is 0 Å². The summed E-state index contributed by atoms with van der Waals surface area (Å²) in [7, 11) is 1.23. The molecule has 1 aromatic heterocycles. The second kappa shape index (κ2) is 8.99. The van der Waals surface area contributed by atoms with Gasteiger partial charge in [-0.2, -0.15) is 5.10 Å². The Morgan fingerprint density at radius 1 is 1.31 bits per heavy atom. The summed E-state index contributed by atoms with van der Waals surface area (Å²) in [6.07, 6.45) is 3.31. The normalized spacial score (nSPS) is 11.7. The number of benzene rings is 2. The van der Waals surface area contributed by atoms with Gasteiger partial charge in [0.05, 0.1) is 54.3 Å². The molecular formula is C19H15ClN3O5S-. The highest BCUT2D eigenvalue weighted by molar-refractivity contribution is 7.81. The van der Waals surface area contributed by atoms with Crippen molar-refractivity contribution in [2.24, 2.45) is 0 Å². The van der Waals surface area contributed by atoms with Crippen molar-refractivity contribution in [1.82, 2.24) is 9.78 Å². The maximum atomic E-state index is 12.0. The van der Waals surface area contributed by atoms with Gasteiger partial charge in [0.1, 0.15) is 6.29 Å². The van der Waals surface area contributed by atoms with Crippen molar-refractivity contribution < 1.29 is 23.1 Å². The average Bonchev–Trinajstić information content (AvgIpc) is 3.19. The third-order valence-corrected chi connectivity index (χ3v) is 5.02. The van der Waals surface area contributed by atoms with E-state index in [0.29, 0.717) is 28.1 Å². The Kier molecular flexibility index (Phi) is 6.42. The first kappa shape index (κ1) is 20.7. The minimum absolute atomic E-state index is 0.202. The lowest BCUT2D eigenvalue weighted by Gasteiger charge is -2.27. The van der Waals surface area contributed by atoms with Crippen molar-refractivity contribution in [2.45, 2.75) is 6.42 Å². The standard InChI is InChI=1S/C19H16ClN3O5S/c1-28-19(25)9-14-8-13(12-24)2-7-18(14)23(29(26)27)17-10-21-22(11-17)16-5-3-15(20)4-6-16/h2-8,10-12H,9H2,1H3,(H,26,27)/p-1. The van der Waals surface area contributed by atoms with Crippen molar-refractivity contribution in [1.29, 1.82) is 0 Å². The number of halogens is 1. The molecule has 0 aliphatic rings. The lowest BCUT2D eigenvalue weighted by atomic mass is 10.1. The molecule has 1 unspecified atom stereocenters. The number of hydrogen-bond acceptors (Lipinski definition) is 6. The second-order valence-electron chi connectivity index (χ2n) is 5.89. The van der Waals surface area contributed by atoms with E-state index in [0.717, 1.165) is 4.31 Å². The summed E-state index contributed by atoms with van der Waals surface area (Å²) < 4.78 is 31.2. The van der Waals surface area contributed by atoms with E-state index in [1.807, 2.05) is 0 Å². The SMILES string of the molecule is COC(=O)Cc1cc(C=O)ccc1N(c1cnn(-c2ccc(Cl)cc2)c1)S(=O)[O-]. The van der Waals surface area contributed by atoms with Crippen LogP contribution in [-0.2, 0) is 27.2 Å². The number of ether oxygens (including phenoxy) is 1. The summed E-state index contributed by atoms with van der Waals surface area (Å²) in [6, 6.07) is 11.2. The highest BCUT2D eigenvalue weighted by Gasteiger charge is 2.19. The summed E-state index contributed by atoms with van der Waals surface area (Å²) in [6.45, 7) is 0. The van der Waals surface area contributed by atoms with Gasteiger partial charge in [0, 0.05) is 10.6 Å². The molecule has 0 amide bonds. The molecule has 1 atom stereocenters. The van der Waals surface area contributed by atoms with Gasteiger partial charge in [0.2, 0.25) is 0 Å². The van der Waals surface area contributed by atoms with E-state index in [9.17, 15) is 18.4 Å². The van der Waals surface area contributed by atoms with Gasteiger partial charge >= 0.3 is 5.97 Å². The molecule has 0 bridgehead atoms. The molecule has 0 radical (unpaired) electrons. The van der Waals surface area contributed by atoms with E-state index < -0.39 is 17.2 Å². The summed E-state index contributed by atoms with van der Waals surface area (Å²) in [5.41, 5.74) is 1.78. The molecular weight excluding hydrogens is 418 g/mol. The van der Waals surface area contributed by atoms with Crippen molar-refractivity contribution in [2.75, 3.05) is 11.4 Å². The van der Waals surface area contributed by atoms with Crippen LogP contribution >= 0.6 is 11.6 Å². The Hall–Kier alpha value is -3.01. The monoisotopic (exact) mass is 432 g/mol. The number of hydrogen-bond donors (Lipinski definition) is 0. The molecule has 10 heteroatoms. The fourth-order valence-corrected chi connectivity index (χ4v) is 3.44. The van der Waals surface area contributed by atoms with Crippen LogP contribution in [0.4, 0.5) is 11.4 Å². The zero-order valence-electron chi connectivity index (χ0n) is 15.1. The van der Waals surface area contributed by atoms with Crippen LogP contribution in [0.5, 0.6) is 0 Å². The number of esters is 1. The number of anilines is 2. The van der Waals surface area contributed by atoms with E-state index in [1.54, 1.807) is 24.3 Å². The summed E-state index contributed by atoms with van der Waals surface area (Å²) in [4.78, 5) is 22.9. The van der Waals surface area contributed by atoms with Gasteiger partial charge in [-0.3, -0.25) is 18.1 Å². The van der Waals surface area contributed by atoms with Crippen LogP contribution in [0.3, 0.4) is 0 Å². The smallest absolute Gasteiger partial charge is 0.310 e. The van der Waals surface area contributed by atoms with Crippen molar-refractivity contribution in [3.8, 4) is 5.69 Å². The largest absolute Gasteiger partial charge is 0.755 e. The highest BCUT2D eigenvalue weighted by atomic mass is 35.5. The fourth-order valence-electron chi connectivity index (χ4n) is 2.70. The first-order valence-corrected chi connectivity index (χ1v) is 9.69. The van der Waals surface area contributed by atoms with Crippen molar-refractivity contribution in [3.05, 3.63) is 71.0 Å². The van der Waals surface area contributed by atoms with E-state index in [-0.39, 0.29) is 17.8 Å². The number of carbonyl (C=O) groups is 2. The van der Waals surface area contributed by atoms with Gasteiger partial charge in [-0.05, 0) is 48.0 Å². The summed E-state index contributed by atoms with van der Waals surface area (Å²) >= 11 is 3.17. The van der Waals surface area contributed by atoms with Crippen LogP contribution in [0.25, 0.3) is 5.69 Å². The van der Waals surface area contributed by atoms with E-state index in [1.165, 1.54) is 42.4 Å². The van der Waals surface area contributed by atoms with Gasteiger partial charge < -0.3 is 9.29 Å². The molecule has 29 heavy (non-hydrogen) atoms. The molecule has 0 fully saturated rings. The van der Waals surface area contributed by atoms with Gasteiger partial charge in [-0.15, -0.1) is 0 Å². The fraction of sp³-hybridized carbons (Fsp3) is 0.105. The Morgan fingerprint density at radius 2 is 2.03 bits per heavy atom. The first-order valence-electron chi connectivity index (χ1n) is 8.28. The van der Waals surface area contributed by atoms with Crippen LogP contribution in [-0.4, -0.2) is 37.9 Å². The Bertz CT molecular complexity index is 1070. The van der Waals surface area contributed by atoms with Crippen LogP contribution < -0.4 is 4.31 Å². The topological polar surface area (TPSA) is 105 Å². The summed E-state index contributed by atoms with van der Waals surface area (Å²) in [5.74, 6) is -0.567. The minimum Gasteiger partial charge on any atom is -0.755 e. The molecule has 3 rings (SSSR count). The van der Waals surface area contributed by atoms with Crippen LogP contribution in [0.1, 0.15) is 15.9 Å². The molecule has 3 aromatic rings. The van der Waals surface area contributed by atoms with E-state index >= 15 is 0 Å². The lowest BCUT2D eigenvalue weighted by Crippen LogP contribution is -2.21. The maximum absolute atomic E-state index is 12.0. The summed E-state index contributed by atoms with van der Waals surface area (Å²) in [5, 5.41) is 4.76. The number of nitrogens with zero attached hydrogens (tertiary/aromatic N) is 3. The van der Waals surface area contributed by atoms with E-state index in [2.05, 4.69) is 9.84 Å². The zero-order valence-corrected chi connectivity index (χ0v) is 16.7. The number of aldehydes is 1. The molecule has 0 N–H and O–H groups in total. The molecule has 0 spiro atoms. The highest BCUT2D eigenvalue weighted by Crippen LogP contribution is 2.31. The number of rotatable bonds is 7. The Morgan fingerprint density at radius 3 is 2.66 bits per heavy atom. The molecule has 1 heterocycles. The number of carbonyl (C=O) groups excluding carboxylic acids is 2. The van der Waals surface area contributed by atoms with E-state index in [4.69, 9.17) is 11.6 Å². The Labute approximate surface area is 174 Å². The predicted octanol–water partition coefficient (Wildman–Crippen LogP) is 2.99. The van der Waals surface area contributed by atoms with Crippen LogP contribution in [0.15, 0.2) is 54.9 Å².